The van der Waals surface area contributed by atoms with Crippen molar-refractivity contribution in [2.45, 2.75) is 12.6 Å². The molecule has 2 aromatic rings. The SMILES string of the molecule is O=C(NCc1ccsc1)NCC(O)c1cccs1. The number of nitrogens with one attached hydrogen (secondary N) is 2. The summed E-state index contributed by atoms with van der Waals surface area (Å²) in [6.45, 7) is 0.723. The van der Waals surface area contributed by atoms with Crippen LogP contribution in [-0.2, 0) is 6.54 Å². The molecule has 0 aliphatic heterocycles. The third-order valence-corrected chi connectivity index (χ3v) is 4.07. The number of hydrogen-bond donors (Lipinski definition) is 3. The Bertz CT molecular complexity index is 468. The number of hydrogen-bond acceptors (Lipinski definition) is 4. The normalized spacial score (nSPS) is 12.1. The van der Waals surface area contributed by atoms with Crippen molar-refractivity contribution in [1.82, 2.24) is 10.6 Å². The topological polar surface area (TPSA) is 61.4 Å². The molecule has 0 saturated heterocycles. The van der Waals surface area contributed by atoms with E-state index in [2.05, 4.69) is 10.6 Å². The van der Waals surface area contributed by atoms with Crippen molar-refractivity contribution in [2.24, 2.45) is 0 Å². The van der Waals surface area contributed by atoms with E-state index in [-0.39, 0.29) is 12.6 Å². The number of thiophene rings is 2. The summed E-state index contributed by atoms with van der Waals surface area (Å²) in [6.07, 6.45) is -0.642. The molecule has 1 unspecified atom stereocenters. The molecule has 2 rings (SSSR count). The third-order valence-electron chi connectivity index (χ3n) is 2.36. The highest BCUT2D eigenvalue weighted by Crippen LogP contribution is 2.17. The van der Waals surface area contributed by atoms with Gasteiger partial charge in [-0.05, 0) is 33.8 Å². The van der Waals surface area contributed by atoms with Gasteiger partial charge >= 0.3 is 6.03 Å². The lowest BCUT2D eigenvalue weighted by Crippen LogP contribution is -2.37. The highest BCUT2D eigenvalue weighted by Gasteiger charge is 2.09. The van der Waals surface area contributed by atoms with E-state index in [1.807, 2.05) is 34.3 Å². The van der Waals surface area contributed by atoms with Crippen LogP contribution in [-0.4, -0.2) is 17.7 Å². The summed E-state index contributed by atoms with van der Waals surface area (Å²) < 4.78 is 0. The largest absolute Gasteiger partial charge is 0.386 e. The van der Waals surface area contributed by atoms with E-state index in [9.17, 15) is 9.90 Å². The van der Waals surface area contributed by atoms with E-state index in [0.29, 0.717) is 6.54 Å². The molecule has 2 amide bonds. The van der Waals surface area contributed by atoms with Crippen LogP contribution < -0.4 is 10.6 Å². The van der Waals surface area contributed by atoms with E-state index in [0.717, 1.165) is 10.4 Å². The zero-order valence-electron chi connectivity index (χ0n) is 9.63. The summed E-state index contributed by atoms with van der Waals surface area (Å²) in [6, 6.07) is 5.42. The number of aliphatic hydroxyl groups excluding tert-OH is 1. The number of amides is 2. The Hall–Kier alpha value is -1.37. The van der Waals surface area contributed by atoms with E-state index in [4.69, 9.17) is 0 Å². The lowest BCUT2D eigenvalue weighted by Gasteiger charge is -2.10. The number of aliphatic hydroxyl groups is 1. The standard InChI is InChI=1S/C12H14N2O2S2/c15-10(11-2-1-4-18-11)7-14-12(16)13-6-9-3-5-17-8-9/h1-5,8,10,15H,6-7H2,(H2,13,14,16). The first-order valence-electron chi connectivity index (χ1n) is 5.50. The van der Waals surface area contributed by atoms with Crippen LogP contribution >= 0.6 is 22.7 Å². The minimum Gasteiger partial charge on any atom is -0.386 e. The van der Waals surface area contributed by atoms with Gasteiger partial charge in [0, 0.05) is 11.4 Å². The van der Waals surface area contributed by atoms with Crippen LogP contribution in [0, 0.1) is 0 Å². The molecule has 4 nitrogen and oxygen atoms in total. The second kappa shape index (κ2) is 6.53. The van der Waals surface area contributed by atoms with E-state index >= 15 is 0 Å². The smallest absolute Gasteiger partial charge is 0.315 e. The number of urea groups is 1. The van der Waals surface area contributed by atoms with Crippen LogP contribution in [0.3, 0.4) is 0 Å². The van der Waals surface area contributed by atoms with Crippen molar-refractivity contribution < 1.29 is 9.90 Å². The molecular weight excluding hydrogens is 268 g/mol. The van der Waals surface area contributed by atoms with Crippen molar-refractivity contribution in [3.63, 3.8) is 0 Å². The first kappa shape index (κ1) is 13.1. The fourth-order valence-corrected chi connectivity index (χ4v) is 2.79. The molecule has 3 N–H and O–H groups in total. The van der Waals surface area contributed by atoms with Crippen molar-refractivity contribution in [2.75, 3.05) is 6.54 Å². The van der Waals surface area contributed by atoms with Crippen molar-refractivity contribution in [3.05, 3.63) is 44.8 Å². The number of rotatable bonds is 5. The fraction of sp³-hybridized carbons (Fsp3) is 0.250. The molecule has 0 aliphatic rings. The van der Waals surface area contributed by atoms with Gasteiger partial charge in [0.2, 0.25) is 0 Å². The third kappa shape index (κ3) is 3.83. The Morgan fingerprint density at radius 3 is 2.89 bits per heavy atom. The summed E-state index contributed by atoms with van der Waals surface area (Å²) >= 11 is 3.07. The molecule has 1 atom stereocenters. The maximum atomic E-state index is 11.5. The molecule has 0 radical (unpaired) electrons. The van der Waals surface area contributed by atoms with Gasteiger partial charge in [-0.1, -0.05) is 6.07 Å². The lowest BCUT2D eigenvalue weighted by molar-refractivity contribution is 0.176. The van der Waals surface area contributed by atoms with Crippen LogP contribution in [0.2, 0.25) is 0 Å². The maximum Gasteiger partial charge on any atom is 0.315 e. The van der Waals surface area contributed by atoms with Gasteiger partial charge in [0.1, 0.15) is 6.10 Å². The Morgan fingerprint density at radius 1 is 1.33 bits per heavy atom. The van der Waals surface area contributed by atoms with Gasteiger partial charge in [-0.3, -0.25) is 0 Å². The molecule has 0 saturated carbocycles. The van der Waals surface area contributed by atoms with E-state index < -0.39 is 6.10 Å². The minimum absolute atomic E-state index is 0.218. The summed E-state index contributed by atoms with van der Waals surface area (Å²) in [5.41, 5.74) is 1.08. The van der Waals surface area contributed by atoms with Gasteiger partial charge < -0.3 is 15.7 Å². The predicted molar refractivity (Wildman–Crippen MR) is 73.8 cm³/mol. The summed E-state index contributed by atoms with van der Waals surface area (Å²) in [4.78, 5) is 12.3. The monoisotopic (exact) mass is 282 g/mol. The number of carbonyl (C=O) groups excluding carboxylic acids is 1. The molecule has 6 heteroatoms. The molecule has 96 valence electrons. The molecule has 18 heavy (non-hydrogen) atoms. The summed E-state index contributed by atoms with van der Waals surface area (Å²) in [5, 5.41) is 21.0. The summed E-state index contributed by atoms with van der Waals surface area (Å²) in [7, 11) is 0. The lowest BCUT2D eigenvalue weighted by atomic mass is 10.3. The van der Waals surface area contributed by atoms with Crippen LogP contribution in [0.25, 0.3) is 0 Å². The molecule has 0 fully saturated rings. The number of carbonyl (C=O) groups is 1. The van der Waals surface area contributed by atoms with Crippen LogP contribution in [0.4, 0.5) is 4.79 Å². The van der Waals surface area contributed by atoms with Crippen molar-refractivity contribution >= 4 is 28.7 Å². The Labute approximate surface area is 113 Å². The van der Waals surface area contributed by atoms with Gasteiger partial charge in [0.25, 0.3) is 0 Å². The van der Waals surface area contributed by atoms with Gasteiger partial charge in [-0.2, -0.15) is 11.3 Å². The first-order valence-corrected chi connectivity index (χ1v) is 7.32. The highest BCUT2D eigenvalue weighted by molar-refractivity contribution is 7.10. The van der Waals surface area contributed by atoms with Gasteiger partial charge in [-0.25, -0.2) is 4.79 Å². The molecular formula is C12H14N2O2S2. The quantitative estimate of drug-likeness (QED) is 0.788. The summed E-state index contributed by atoms with van der Waals surface area (Å²) in [5.74, 6) is 0. The zero-order chi connectivity index (χ0) is 12.8. The molecule has 0 spiro atoms. The Balaban J connectivity index is 1.68. The molecule has 0 bridgehead atoms. The van der Waals surface area contributed by atoms with Gasteiger partial charge in [0.05, 0.1) is 6.54 Å². The zero-order valence-corrected chi connectivity index (χ0v) is 11.3. The predicted octanol–water partition coefficient (Wildman–Crippen LogP) is 2.34. The Kier molecular flexibility index (Phi) is 4.74. The average Bonchev–Trinajstić information content (AvgIpc) is 3.05. The fourth-order valence-electron chi connectivity index (χ4n) is 1.41. The average molecular weight is 282 g/mol. The second-order valence-electron chi connectivity index (χ2n) is 3.73. The van der Waals surface area contributed by atoms with Crippen molar-refractivity contribution in [1.29, 1.82) is 0 Å². The maximum absolute atomic E-state index is 11.5. The van der Waals surface area contributed by atoms with Gasteiger partial charge in [-0.15, -0.1) is 11.3 Å². The van der Waals surface area contributed by atoms with Crippen molar-refractivity contribution in [3.8, 4) is 0 Å². The van der Waals surface area contributed by atoms with Gasteiger partial charge in [0.15, 0.2) is 0 Å². The van der Waals surface area contributed by atoms with E-state index in [1.165, 1.54) is 11.3 Å². The first-order chi connectivity index (χ1) is 8.75. The van der Waals surface area contributed by atoms with Crippen LogP contribution in [0.1, 0.15) is 16.5 Å². The van der Waals surface area contributed by atoms with Crippen LogP contribution in [0.15, 0.2) is 34.3 Å². The second-order valence-corrected chi connectivity index (χ2v) is 5.49. The highest BCUT2D eigenvalue weighted by atomic mass is 32.1. The minimum atomic E-state index is -0.642. The molecule has 2 heterocycles. The molecule has 0 aromatic carbocycles. The van der Waals surface area contributed by atoms with E-state index in [1.54, 1.807) is 11.3 Å². The molecule has 0 aliphatic carbocycles. The Morgan fingerprint density at radius 2 is 2.22 bits per heavy atom. The van der Waals surface area contributed by atoms with Crippen LogP contribution in [0.5, 0.6) is 0 Å². The molecule has 2 aromatic heterocycles.